The lowest BCUT2D eigenvalue weighted by Gasteiger charge is -2.27. The van der Waals surface area contributed by atoms with Gasteiger partial charge in [-0.3, -0.25) is 15.0 Å². The normalized spacial score (nSPS) is 15.1. The lowest BCUT2D eigenvalue weighted by molar-refractivity contribution is -0.387. The van der Waals surface area contributed by atoms with Gasteiger partial charge in [0.1, 0.15) is 5.82 Å². The highest BCUT2D eigenvalue weighted by Crippen LogP contribution is 2.22. The van der Waals surface area contributed by atoms with Crippen LogP contribution >= 0.6 is 0 Å². The van der Waals surface area contributed by atoms with Crippen LogP contribution < -0.4 is 0 Å². The van der Waals surface area contributed by atoms with Crippen LogP contribution in [0, 0.1) is 15.9 Å². The number of aromatic nitrogens is 2. The molecule has 2 aromatic rings. The van der Waals surface area contributed by atoms with E-state index in [0.717, 1.165) is 18.9 Å². The first-order valence-corrected chi connectivity index (χ1v) is 6.29. The minimum absolute atomic E-state index is 0.346. The van der Waals surface area contributed by atoms with Crippen LogP contribution in [0.25, 0.3) is 0 Å². The minimum Gasteiger partial charge on any atom is -0.333 e. The number of nitro groups is 1. The Hall–Kier alpha value is -2.28. The first-order chi connectivity index (χ1) is 9.65. The van der Waals surface area contributed by atoms with Gasteiger partial charge in [0.15, 0.2) is 0 Å². The molecule has 1 aliphatic rings. The van der Waals surface area contributed by atoms with Crippen molar-refractivity contribution < 1.29 is 9.31 Å². The molecule has 3 rings (SSSR count). The smallest absolute Gasteiger partial charge is 0.305 e. The van der Waals surface area contributed by atoms with Crippen molar-refractivity contribution in [3.63, 3.8) is 0 Å². The molecule has 20 heavy (non-hydrogen) atoms. The van der Waals surface area contributed by atoms with Gasteiger partial charge in [0, 0.05) is 43.7 Å². The summed E-state index contributed by atoms with van der Waals surface area (Å²) >= 11 is 0. The fraction of sp³-hybridized carbons (Fsp3) is 0.308. The maximum absolute atomic E-state index is 14.0. The van der Waals surface area contributed by atoms with E-state index in [0.29, 0.717) is 18.7 Å². The van der Waals surface area contributed by atoms with Crippen molar-refractivity contribution >= 4 is 5.69 Å². The average molecular weight is 276 g/mol. The predicted octanol–water partition coefficient (Wildman–Crippen LogP) is 1.95. The summed E-state index contributed by atoms with van der Waals surface area (Å²) in [5.74, 6) is 0.188. The summed E-state index contributed by atoms with van der Waals surface area (Å²) in [6, 6.07) is 4.28. The summed E-state index contributed by atoms with van der Waals surface area (Å²) in [5.41, 5.74) is -0.125. The predicted molar refractivity (Wildman–Crippen MR) is 69.4 cm³/mol. The zero-order chi connectivity index (χ0) is 14.1. The highest BCUT2D eigenvalue weighted by Gasteiger charge is 2.21. The third kappa shape index (κ3) is 2.27. The van der Waals surface area contributed by atoms with Crippen LogP contribution in [0.4, 0.5) is 10.1 Å². The zero-order valence-electron chi connectivity index (χ0n) is 10.7. The highest BCUT2D eigenvalue weighted by atomic mass is 19.1. The van der Waals surface area contributed by atoms with Gasteiger partial charge in [-0.25, -0.2) is 4.98 Å². The molecule has 0 N–H and O–H groups in total. The molecule has 0 radical (unpaired) electrons. The van der Waals surface area contributed by atoms with E-state index < -0.39 is 16.4 Å². The molecule has 6 nitrogen and oxygen atoms in total. The van der Waals surface area contributed by atoms with Crippen molar-refractivity contribution in [3.8, 4) is 0 Å². The molecule has 0 saturated heterocycles. The van der Waals surface area contributed by atoms with Crippen LogP contribution in [0.2, 0.25) is 0 Å². The molecule has 0 atom stereocenters. The van der Waals surface area contributed by atoms with Gasteiger partial charge in [0.25, 0.3) is 0 Å². The van der Waals surface area contributed by atoms with Crippen LogP contribution in [0.1, 0.15) is 11.4 Å². The molecule has 7 heteroatoms. The molecule has 0 unspecified atom stereocenters. The van der Waals surface area contributed by atoms with Gasteiger partial charge < -0.3 is 4.57 Å². The number of hydrogen-bond donors (Lipinski definition) is 0. The molecule has 1 aliphatic heterocycles. The number of benzene rings is 1. The number of rotatable bonds is 3. The number of hydrogen-bond acceptors (Lipinski definition) is 4. The fourth-order valence-electron chi connectivity index (χ4n) is 2.43. The van der Waals surface area contributed by atoms with Crippen molar-refractivity contribution in [2.75, 3.05) is 6.54 Å². The molecule has 2 heterocycles. The summed E-state index contributed by atoms with van der Waals surface area (Å²) < 4.78 is 16.1. The van der Waals surface area contributed by atoms with E-state index in [2.05, 4.69) is 9.55 Å². The molecule has 0 saturated carbocycles. The van der Waals surface area contributed by atoms with Crippen molar-refractivity contribution in [1.82, 2.24) is 14.5 Å². The molecule has 0 amide bonds. The Bertz CT molecular complexity index is 656. The molecule has 1 aromatic heterocycles. The van der Waals surface area contributed by atoms with E-state index in [1.165, 1.54) is 12.1 Å². The quantitative estimate of drug-likeness (QED) is 0.635. The highest BCUT2D eigenvalue weighted by molar-refractivity contribution is 5.36. The summed E-state index contributed by atoms with van der Waals surface area (Å²) in [6.45, 7) is 2.53. The Morgan fingerprint density at radius 3 is 3.05 bits per heavy atom. The van der Waals surface area contributed by atoms with E-state index in [1.807, 2.05) is 11.1 Å². The fourth-order valence-corrected chi connectivity index (χ4v) is 2.43. The third-order valence-electron chi connectivity index (χ3n) is 3.47. The monoisotopic (exact) mass is 276 g/mol. The Labute approximate surface area is 114 Å². The van der Waals surface area contributed by atoms with Gasteiger partial charge >= 0.3 is 5.69 Å². The minimum atomic E-state index is -0.744. The van der Waals surface area contributed by atoms with Gasteiger partial charge in [0.2, 0.25) is 5.82 Å². The lowest BCUT2D eigenvalue weighted by atomic mass is 10.1. The standard InChI is InChI=1S/C13H13FN4O2/c14-13-10(2-1-3-11(13)18(19)20)8-16-6-7-17-5-4-15-12(17)9-16/h1-5H,6-9H2. The summed E-state index contributed by atoms with van der Waals surface area (Å²) in [6.07, 6.45) is 3.66. The maximum atomic E-state index is 14.0. The molecular formula is C13H13FN4O2. The Balaban J connectivity index is 1.79. The first-order valence-electron chi connectivity index (χ1n) is 6.29. The molecule has 104 valence electrons. The first kappa shape index (κ1) is 12.7. The molecule has 0 bridgehead atoms. The summed E-state index contributed by atoms with van der Waals surface area (Å²) in [4.78, 5) is 16.3. The third-order valence-corrected chi connectivity index (χ3v) is 3.47. The topological polar surface area (TPSA) is 64.2 Å². The van der Waals surface area contributed by atoms with E-state index >= 15 is 0 Å². The van der Waals surface area contributed by atoms with Crippen LogP contribution in [-0.2, 0) is 19.6 Å². The molecule has 0 fully saturated rings. The average Bonchev–Trinajstić information content (AvgIpc) is 2.88. The zero-order valence-corrected chi connectivity index (χ0v) is 10.7. The number of imidazole rings is 1. The van der Waals surface area contributed by atoms with Crippen molar-refractivity contribution in [3.05, 3.63) is 57.9 Å². The molecular weight excluding hydrogens is 263 g/mol. The Morgan fingerprint density at radius 1 is 1.40 bits per heavy atom. The van der Waals surface area contributed by atoms with Crippen molar-refractivity contribution in [2.24, 2.45) is 0 Å². The van der Waals surface area contributed by atoms with Gasteiger partial charge in [-0.15, -0.1) is 0 Å². The second-order valence-electron chi connectivity index (χ2n) is 4.75. The maximum Gasteiger partial charge on any atom is 0.305 e. The number of nitrogens with zero attached hydrogens (tertiary/aromatic N) is 4. The van der Waals surface area contributed by atoms with Gasteiger partial charge in [-0.05, 0) is 0 Å². The van der Waals surface area contributed by atoms with E-state index in [1.54, 1.807) is 12.3 Å². The van der Waals surface area contributed by atoms with Crippen LogP contribution in [0.5, 0.6) is 0 Å². The van der Waals surface area contributed by atoms with E-state index in [-0.39, 0.29) is 0 Å². The second-order valence-corrected chi connectivity index (χ2v) is 4.75. The van der Waals surface area contributed by atoms with E-state index in [4.69, 9.17) is 0 Å². The number of halogens is 1. The van der Waals surface area contributed by atoms with E-state index in [9.17, 15) is 14.5 Å². The lowest BCUT2D eigenvalue weighted by Crippen LogP contribution is -2.33. The van der Waals surface area contributed by atoms with Crippen molar-refractivity contribution in [2.45, 2.75) is 19.6 Å². The Kier molecular flexibility index (Phi) is 3.19. The summed E-state index contributed by atoms with van der Waals surface area (Å²) in [5, 5.41) is 10.7. The van der Waals surface area contributed by atoms with Crippen molar-refractivity contribution in [1.29, 1.82) is 0 Å². The van der Waals surface area contributed by atoms with Gasteiger partial charge in [0.05, 0.1) is 11.5 Å². The largest absolute Gasteiger partial charge is 0.333 e. The molecule has 0 spiro atoms. The Morgan fingerprint density at radius 2 is 2.25 bits per heavy atom. The van der Waals surface area contributed by atoms with Gasteiger partial charge in [-0.1, -0.05) is 12.1 Å². The van der Waals surface area contributed by atoms with Crippen LogP contribution in [0.15, 0.2) is 30.6 Å². The molecule has 1 aromatic carbocycles. The SMILES string of the molecule is O=[N+]([O-])c1cccc(CN2CCn3ccnc3C2)c1F. The number of fused-ring (bicyclic) bond motifs is 1. The summed E-state index contributed by atoms with van der Waals surface area (Å²) in [7, 11) is 0. The van der Waals surface area contributed by atoms with Gasteiger partial charge in [-0.2, -0.15) is 4.39 Å². The second kappa shape index (κ2) is 5.01. The van der Waals surface area contributed by atoms with Crippen LogP contribution in [-0.4, -0.2) is 25.9 Å². The van der Waals surface area contributed by atoms with Crippen LogP contribution in [0.3, 0.4) is 0 Å². The molecule has 0 aliphatic carbocycles. The number of nitro benzene ring substituents is 1.